The summed E-state index contributed by atoms with van der Waals surface area (Å²) in [6.45, 7) is 1.66. The predicted molar refractivity (Wildman–Crippen MR) is 113 cm³/mol. The summed E-state index contributed by atoms with van der Waals surface area (Å²) in [6, 6.07) is 17.9. The molecule has 0 bridgehead atoms. The number of hydrogen-bond donors (Lipinski definition) is 0. The zero-order chi connectivity index (χ0) is 20.1. The Hall–Kier alpha value is -2.66. The fourth-order valence-corrected chi connectivity index (χ4v) is 3.90. The van der Waals surface area contributed by atoms with Crippen LogP contribution in [0.3, 0.4) is 0 Å². The van der Waals surface area contributed by atoms with Gasteiger partial charge in [0.2, 0.25) is 17.6 Å². The number of nitrogens with zero attached hydrogens (tertiary/aromatic N) is 3. The van der Waals surface area contributed by atoms with Crippen LogP contribution in [0.15, 0.2) is 59.1 Å². The van der Waals surface area contributed by atoms with Gasteiger partial charge < -0.3 is 9.42 Å². The summed E-state index contributed by atoms with van der Waals surface area (Å²) in [5.74, 6) is 1.82. The molecule has 1 aromatic heterocycles. The number of halogens is 1. The summed E-state index contributed by atoms with van der Waals surface area (Å²) in [6.07, 6.45) is 4.07. The summed E-state index contributed by atoms with van der Waals surface area (Å²) >= 11 is 5.91. The molecule has 2 heterocycles. The molecule has 0 saturated carbocycles. The molecule has 1 saturated heterocycles. The number of aryl methyl sites for hydroxylation is 1. The Bertz CT molecular complexity index is 932. The van der Waals surface area contributed by atoms with E-state index < -0.39 is 0 Å². The van der Waals surface area contributed by atoms with Crippen molar-refractivity contribution in [1.29, 1.82) is 0 Å². The Morgan fingerprint density at radius 3 is 2.52 bits per heavy atom. The molecule has 150 valence electrons. The fraction of sp³-hybridized carbons (Fsp3) is 0.348. The third kappa shape index (κ3) is 5.24. The van der Waals surface area contributed by atoms with Gasteiger partial charge in [0.05, 0.1) is 0 Å². The van der Waals surface area contributed by atoms with Crippen molar-refractivity contribution in [2.45, 2.75) is 32.1 Å². The molecule has 4 rings (SSSR count). The van der Waals surface area contributed by atoms with Gasteiger partial charge in [0, 0.05) is 36.5 Å². The van der Waals surface area contributed by atoms with Gasteiger partial charge in [-0.3, -0.25) is 4.79 Å². The molecule has 5 nitrogen and oxygen atoms in total. The van der Waals surface area contributed by atoms with E-state index in [0.29, 0.717) is 35.5 Å². The zero-order valence-electron chi connectivity index (χ0n) is 16.3. The second-order valence-electron chi connectivity index (χ2n) is 7.53. The molecule has 0 aliphatic carbocycles. The molecule has 6 heteroatoms. The predicted octanol–water partition coefficient (Wildman–Crippen LogP) is 4.80. The van der Waals surface area contributed by atoms with Crippen LogP contribution in [-0.2, 0) is 17.6 Å². The highest BCUT2D eigenvalue weighted by atomic mass is 35.5. The van der Waals surface area contributed by atoms with Gasteiger partial charge >= 0.3 is 0 Å². The number of hydrogen-bond acceptors (Lipinski definition) is 4. The third-order valence-electron chi connectivity index (χ3n) is 5.46. The van der Waals surface area contributed by atoms with E-state index >= 15 is 0 Å². The van der Waals surface area contributed by atoms with Crippen molar-refractivity contribution in [2.75, 3.05) is 13.1 Å². The van der Waals surface area contributed by atoms with Crippen molar-refractivity contribution >= 4 is 17.5 Å². The van der Waals surface area contributed by atoms with Crippen LogP contribution in [-0.4, -0.2) is 34.0 Å². The largest absolute Gasteiger partial charge is 0.343 e. The Morgan fingerprint density at radius 2 is 1.79 bits per heavy atom. The highest BCUT2D eigenvalue weighted by Crippen LogP contribution is 2.23. The molecule has 1 fully saturated rings. The van der Waals surface area contributed by atoms with Gasteiger partial charge in [-0.05, 0) is 55.0 Å². The Labute approximate surface area is 175 Å². The SMILES string of the molecule is O=C(CCc1nc(-c2ccc(Cl)cc2)no1)N1CCC(Cc2ccccc2)CC1. The number of carbonyl (C=O) groups is 1. The van der Waals surface area contributed by atoms with Crippen molar-refractivity contribution in [1.82, 2.24) is 15.0 Å². The van der Waals surface area contributed by atoms with Crippen LogP contribution in [0.4, 0.5) is 0 Å². The first-order valence-corrected chi connectivity index (χ1v) is 10.5. The molecule has 29 heavy (non-hydrogen) atoms. The summed E-state index contributed by atoms with van der Waals surface area (Å²) in [5.41, 5.74) is 2.22. The smallest absolute Gasteiger partial charge is 0.227 e. The molecule has 3 aromatic rings. The molecule has 0 atom stereocenters. The lowest BCUT2D eigenvalue weighted by atomic mass is 9.90. The van der Waals surface area contributed by atoms with E-state index in [9.17, 15) is 4.79 Å². The van der Waals surface area contributed by atoms with E-state index in [1.165, 1.54) is 5.56 Å². The van der Waals surface area contributed by atoms with Crippen LogP contribution < -0.4 is 0 Å². The first kappa shape index (κ1) is 19.6. The van der Waals surface area contributed by atoms with Crippen LogP contribution in [0.25, 0.3) is 11.4 Å². The Morgan fingerprint density at radius 1 is 1.07 bits per heavy atom. The summed E-state index contributed by atoms with van der Waals surface area (Å²) in [4.78, 5) is 18.9. The summed E-state index contributed by atoms with van der Waals surface area (Å²) < 4.78 is 5.31. The Balaban J connectivity index is 1.24. The molecule has 0 unspecified atom stereocenters. The van der Waals surface area contributed by atoms with Crippen molar-refractivity contribution in [3.05, 3.63) is 71.1 Å². The molecule has 1 aliphatic rings. The van der Waals surface area contributed by atoms with E-state index in [2.05, 4.69) is 34.4 Å². The fourth-order valence-electron chi connectivity index (χ4n) is 3.78. The minimum absolute atomic E-state index is 0.161. The average Bonchev–Trinajstić information content (AvgIpc) is 3.23. The Kier molecular flexibility index (Phi) is 6.25. The van der Waals surface area contributed by atoms with Crippen LogP contribution in [0.5, 0.6) is 0 Å². The number of likely N-dealkylation sites (tertiary alicyclic amines) is 1. The van der Waals surface area contributed by atoms with Gasteiger partial charge in [-0.25, -0.2) is 0 Å². The first-order valence-electron chi connectivity index (χ1n) is 10.1. The number of piperidine rings is 1. The molecule has 1 amide bonds. The maximum Gasteiger partial charge on any atom is 0.227 e. The number of rotatable bonds is 6. The quantitative estimate of drug-likeness (QED) is 0.586. The summed E-state index contributed by atoms with van der Waals surface area (Å²) in [5, 5.41) is 4.66. The van der Waals surface area contributed by atoms with Gasteiger partial charge in [0.15, 0.2) is 0 Å². The van der Waals surface area contributed by atoms with Gasteiger partial charge in [-0.2, -0.15) is 4.98 Å². The van der Waals surface area contributed by atoms with E-state index in [0.717, 1.165) is 37.9 Å². The zero-order valence-corrected chi connectivity index (χ0v) is 17.0. The highest BCUT2D eigenvalue weighted by Gasteiger charge is 2.23. The lowest BCUT2D eigenvalue weighted by molar-refractivity contribution is -0.132. The lowest BCUT2D eigenvalue weighted by Gasteiger charge is -2.32. The number of carbonyl (C=O) groups excluding carboxylic acids is 1. The van der Waals surface area contributed by atoms with Crippen molar-refractivity contribution in [3.8, 4) is 11.4 Å². The van der Waals surface area contributed by atoms with Crippen molar-refractivity contribution < 1.29 is 9.32 Å². The topological polar surface area (TPSA) is 59.2 Å². The van der Waals surface area contributed by atoms with Gasteiger partial charge in [0.25, 0.3) is 0 Å². The third-order valence-corrected chi connectivity index (χ3v) is 5.71. The van der Waals surface area contributed by atoms with Crippen LogP contribution >= 0.6 is 11.6 Å². The highest BCUT2D eigenvalue weighted by molar-refractivity contribution is 6.30. The molecule has 0 N–H and O–H groups in total. The van der Waals surface area contributed by atoms with Gasteiger partial charge in [-0.1, -0.05) is 47.1 Å². The van der Waals surface area contributed by atoms with Crippen molar-refractivity contribution in [2.24, 2.45) is 5.92 Å². The van der Waals surface area contributed by atoms with E-state index in [-0.39, 0.29) is 5.91 Å². The number of benzene rings is 2. The number of amides is 1. The van der Waals surface area contributed by atoms with Gasteiger partial charge in [0.1, 0.15) is 0 Å². The second-order valence-corrected chi connectivity index (χ2v) is 7.97. The molecule has 0 radical (unpaired) electrons. The lowest BCUT2D eigenvalue weighted by Crippen LogP contribution is -2.39. The van der Waals surface area contributed by atoms with E-state index in [1.54, 1.807) is 12.1 Å². The average molecular weight is 410 g/mol. The molecule has 0 spiro atoms. The minimum atomic E-state index is 0.161. The van der Waals surface area contributed by atoms with Crippen LogP contribution in [0.1, 0.15) is 30.7 Å². The monoisotopic (exact) mass is 409 g/mol. The maximum absolute atomic E-state index is 12.6. The van der Waals surface area contributed by atoms with E-state index in [1.807, 2.05) is 23.1 Å². The molecule has 2 aromatic carbocycles. The van der Waals surface area contributed by atoms with Crippen LogP contribution in [0, 0.1) is 5.92 Å². The summed E-state index contributed by atoms with van der Waals surface area (Å²) in [7, 11) is 0. The van der Waals surface area contributed by atoms with E-state index in [4.69, 9.17) is 16.1 Å². The molecular formula is C23H24ClN3O2. The van der Waals surface area contributed by atoms with Crippen molar-refractivity contribution in [3.63, 3.8) is 0 Å². The minimum Gasteiger partial charge on any atom is -0.343 e. The first-order chi connectivity index (χ1) is 14.2. The standard InChI is InChI=1S/C23H24ClN3O2/c24-20-8-6-19(7-9-20)23-25-21(29-26-23)10-11-22(28)27-14-12-18(13-15-27)16-17-4-2-1-3-5-17/h1-9,18H,10-16H2. The maximum atomic E-state index is 12.6. The molecule has 1 aliphatic heterocycles. The van der Waals surface area contributed by atoms with Crippen LogP contribution in [0.2, 0.25) is 5.02 Å². The second kappa shape index (κ2) is 9.23. The molecular weight excluding hydrogens is 386 g/mol. The van der Waals surface area contributed by atoms with Gasteiger partial charge in [-0.15, -0.1) is 0 Å². The normalized spacial score (nSPS) is 14.9. The number of aromatic nitrogens is 2.